The van der Waals surface area contributed by atoms with Crippen molar-refractivity contribution in [3.8, 4) is 0 Å². The van der Waals surface area contributed by atoms with Gasteiger partial charge in [0.25, 0.3) is 0 Å². The number of carbonyl (C=O) groups is 3. The lowest BCUT2D eigenvalue weighted by Gasteiger charge is -2.32. The third kappa shape index (κ3) is 6.90. The molecule has 1 aliphatic heterocycles. The first-order valence-corrected chi connectivity index (χ1v) is 9.00. The summed E-state index contributed by atoms with van der Waals surface area (Å²) in [7, 11) is 0. The summed E-state index contributed by atoms with van der Waals surface area (Å²) in [4.78, 5) is 37.5. The number of hydrogen-bond acceptors (Lipinski definition) is 6. The van der Waals surface area contributed by atoms with Crippen molar-refractivity contribution in [3.05, 3.63) is 35.9 Å². The molecule has 0 saturated carbocycles. The van der Waals surface area contributed by atoms with Gasteiger partial charge in [-0.25, -0.2) is 19.9 Å². The SMILES string of the molecule is CC(C)(C)OC(=O)N1CCCC(CNNC(=O)OCc2ccccc2)C1=O. The van der Waals surface area contributed by atoms with E-state index in [4.69, 9.17) is 9.47 Å². The number of hydrazine groups is 1. The van der Waals surface area contributed by atoms with Gasteiger partial charge in [-0.2, -0.15) is 0 Å². The van der Waals surface area contributed by atoms with Crippen LogP contribution in [0.3, 0.4) is 0 Å². The first kappa shape index (κ1) is 20.7. The molecule has 0 radical (unpaired) electrons. The van der Waals surface area contributed by atoms with Crippen LogP contribution >= 0.6 is 0 Å². The van der Waals surface area contributed by atoms with Gasteiger partial charge in [-0.05, 0) is 39.2 Å². The monoisotopic (exact) mass is 377 g/mol. The molecule has 1 fully saturated rings. The molecule has 1 heterocycles. The molecule has 2 rings (SSSR count). The van der Waals surface area contributed by atoms with Crippen LogP contribution in [0.2, 0.25) is 0 Å². The van der Waals surface area contributed by atoms with Crippen molar-refractivity contribution in [1.82, 2.24) is 15.8 Å². The van der Waals surface area contributed by atoms with E-state index in [9.17, 15) is 14.4 Å². The van der Waals surface area contributed by atoms with Crippen LogP contribution in [-0.2, 0) is 20.9 Å². The highest BCUT2D eigenvalue weighted by Gasteiger charge is 2.35. The van der Waals surface area contributed by atoms with Crippen LogP contribution in [-0.4, -0.2) is 41.7 Å². The van der Waals surface area contributed by atoms with Gasteiger partial charge >= 0.3 is 12.2 Å². The Morgan fingerprint density at radius 1 is 1.22 bits per heavy atom. The van der Waals surface area contributed by atoms with Crippen LogP contribution in [0.1, 0.15) is 39.2 Å². The van der Waals surface area contributed by atoms with Crippen molar-refractivity contribution >= 4 is 18.1 Å². The molecule has 27 heavy (non-hydrogen) atoms. The summed E-state index contributed by atoms with van der Waals surface area (Å²) in [5, 5.41) is 0. The van der Waals surface area contributed by atoms with Crippen molar-refractivity contribution in [1.29, 1.82) is 0 Å². The normalized spacial score (nSPS) is 17.4. The Hall–Kier alpha value is -2.61. The zero-order valence-corrected chi connectivity index (χ0v) is 16.0. The van der Waals surface area contributed by atoms with Crippen LogP contribution < -0.4 is 10.9 Å². The molecule has 1 aliphatic rings. The van der Waals surface area contributed by atoms with Gasteiger partial charge in [0.05, 0.1) is 5.92 Å². The van der Waals surface area contributed by atoms with Crippen molar-refractivity contribution in [3.63, 3.8) is 0 Å². The molecule has 8 heteroatoms. The fourth-order valence-electron chi connectivity index (χ4n) is 2.64. The lowest BCUT2D eigenvalue weighted by Crippen LogP contribution is -2.51. The van der Waals surface area contributed by atoms with Gasteiger partial charge in [-0.1, -0.05) is 30.3 Å². The topological polar surface area (TPSA) is 97.0 Å². The van der Waals surface area contributed by atoms with Crippen LogP contribution in [0.5, 0.6) is 0 Å². The Balaban J connectivity index is 1.74. The molecule has 3 amide bonds. The maximum Gasteiger partial charge on any atom is 0.421 e. The molecule has 0 bridgehead atoms. The number of hydrogen-bond donors (Lipinski definition) is 2. The minimum atomic E-state index is -0.660. The Labute approximate surface area is 159 Å². The number of ether oxygens (including phenoxy) is 2. The van der Waals surface area contributed by atoms with Gasteiger partial charge < -0.3 is 9.47 Å². The second-order valence-electron chi connectivity index (χ2n) is 7.38. The highest BCUT2D eigenvalue weighted by Crippen LogP contribution is 2.20. The quantitative estimate of drug-likeness (QED) is 0.766. The summed E-state index contributed by atoms with van der Waals surface area (Å²) in [5.41, 5.74) is 5.33. The molecule has 0 aromatic heterocycles. The number of piperidine rings is 1. The fraction of sp³-hybridized carbons (Fsp3) is 0.526. The second kappa shape index (κ2) is 9.36. The first-order valence-electron chi connectivity index (χ1n) is 9.00. The van der Waals surface area contributed by atoms with Crippen molar-refractivity contribution in [2.75, 3.05) is 13.1 Å². The van der Waals surface area contributed by atoms with Gasteiger partial charge in [0.1, 0.15) is 12.2 Å². The van der Waals surface area contributed by atoms with Gasteiger partial charge in [-0.3, -0.25) is 10.2 Å². The number of nitrogens with zero attached hydrogens (tertiary/aromatic N) is 1. The molecule has 1 saturated heterocycles. The van der Waals surface area contributed by atoms with Crippen LogP contribution in [0, 0.1) is 5.92 Å². The van der Waals surface area contributed by atoms with Crippen molar-refractivity contribution in [2.24, 2.45) is 5.92 Å². The van der Waals surface area contributed by atoms with Gasteiger partial charge in [-0.15, -0.1) is 0 Å². The lowest BCUT2D eigenvalue weighted by molar-refractivity contribution is -0.137. The predicted octanol–water partition coefficient (Wildman–Crippen LogP) is 2.59. The number of amides is 3. The molecule has 2 N–H and O–H groups in total. The van der Waals surface area contributed by atoms with Crippen molar-refractivity contribution < 1.29 is 23.9 Å². The standard InChI is InChI=1S/C19H27N3O5/c1-19(2,3)27-18(25)22-11-7-10-15(16(22)23)12-20-21-17(24)26-13-14-8-5-4-6-9-14/h4-6,8-9,15,20H,7,10-13H2,1-3H3,(H,21,24). The molecule has 1 aromatic rings. The van der Waals surface area contributed by atoms with E-state index < -0.39 is 23.7 Å². The number of likely N-dealkylation sites (tertiary alicyclic amines) is 1. The summed E-state index contributed by atoms with van der Waals surface area (Å²) in [6.45, 7) is 5.97. The first-order chi connectivity index (χ1) is 12.8. The van der Waals surface area contributed by atoms with E-state index in [2.05, 4.69) is 10.9 Å². The third-order valence-electron chi connectivity index (χ3n) is 3.92. The molecular weight excluding hydrogens is 350 g/mol. The molecule has 1 atom stereocenters. The number of carbonyl (C=O) groups excluding carboxylic acids is 3. The maximum absolute atomic E-state index is 12.5. The van der Waals surface area contributed by atoms with Crippen molar-refractivity contribution in [2.45, 2.75) is 45.8 Å². The highest BCUT2D eigenvalue weighted by atomic mass is 16.6. The van der Waals surface area contributed by atoms with E-state index in [0.29, 0.717) is 19.4 Å². The zero-order valence-electron chi connectivity index (χ0n) is 16.0. The van der Waals surface area contributed by atoms with E-state index in [-0.39, 0.29) is 19.1 Å². The summed E-state index contributed by atoms with van der Waals surface area (Å²) in [6.07, 6.45) is 0.0558. The highest BCUT2D eigenvalue weighted by molar-refractivity contribution is 5.94. The number of benzene rings is 1. The largest absolute Gasteiger partial charge is 0.444 e. The minimum Gasteiger partial charge on any atom is -0.444 e. The third-order valence-corrected chi connectivity index (χ3v) is 3.92. The molecule has 0 spiro atoms. The van der Waals surface area contributed by atoms with E-state index >= 15 is 0 Å². The second-order valence-corrected chi connectivity index (χ2v) is 7.38. The smallest absolute Gasteiger partial charge is 0.421 e. The van der Waals surface area contributed by atoms with Gasteiger partial charge in [0, 0.05) is 13.1 Å². The Bertz CT molecular complexity index is 657. The Morgan fingerprint density at radius 3 is 2.59 bits per heavy atom. The molecule has 0 aliphatic carbocycles. The van der Waals surface area contributed by atoms with Gasteiger partial charge in [0.15, 0.2) is 0 Å². The number of imide groups is 1. The summed E-state index contributed by atoms with van der Waals surface area (Å²) < 4.78 is 10.3. The van der Waals surface area contributed by atoms with Gasteiger partial charge in [0.2, 0.25) is 5.91 Å². The summed E-state index contributed by atoms with van der Waals surface area (Å²) >= 11 is 0. The van der Waals surface area contributed by atoms with E-state index in [1.807, 2.05) is 30.3 Å². The number of rotatable bonds is 5. The van der Waals surface area contributed by atoms with Crippen LogP contribution in [0.25, 0.3) is 0 Å². The fourth-order valence-corrected chi connectivity index (χ4v) is 2.64. The van der Waals surface area contributed by atoms with E-state index in [1.165, 1.54) is 0 Å². The average Bonchev–Trinajstić information content (AvgIpc) is 2.61. The predicted molar refractivity (Wildman–Crippen MR) is 98.4 cm³/mol. The zero-order chi connectivity index (χ0) is 19.9. The Morgan fingerprint density at radius 2 is 1.93 bits per heavy atom. The molecule has 8 nitrogen and oxygen atoms in total. The summed E-state index contributed by atoms with van der Waals surface area (Å²) in [5.74, 6) is -0.719. The Kier molecular flexibility index (Phi) is 7.18. The maximum atomic E-state index is 12.5. The molecule has 148 valence electrons. The number of nitrogens with one attached hydrogen (secondary N) is 2. The van der Waals surface area contributed by atoms with E-state index in [0.717, 1.165) is 10.5 Å². The molecule has 1 unspecified atom stereocenters. The molecule has 1 aromatic carbocycles. The van der Waals surface area contributed by atoms with Crippen LogP contribution in [0.4, 0.5) is 9.59 Å². The summed E-state index contributed by atoms with van der Waals surface area (Å²) in [6, 6.07) is 9.31. The minimum absolute atomic E-state index is 0.156. The van der Waals surface area contributed by atoms with Crippen LogP contribution in [0.15, 0.2) is 30.3 Å². The van der Waals surface area contributed by atoms with E-state index in [1.54, 1.807) is 20.8 Å². The molecular formula is C19H27N3O5. The lowest BCUT2D eigenvalue weighted by atomic mass is 9.97. The average molecular weight is 377 g/mol.